The summed E-state index contributed by atoms with van der Waals surface area (Å²) in [5.41, 5.74) is 0. The lowest BCUT2D eigenvalue weighted by Crippen LogP contribution is -2.15. The first-order valence-electron chi connectivity index (χ1n) is 3.25. The summed E-state index contributed by atoms with van der Waals surface area (Å²) < 4.78 is 0. The van der Waals surface area contributed by atoms with Crippen LogP contribution in [0.4, 0.5) is 0 Å². The Morgan fingerprint density at radius 2 is 2.38 bits per heavy atom. The summed E-state index contributed by atoms with van der Waals surface area (Å²) in [6, 6.07) is 0. The van der Waals surface area contributed by atoms with Crippen molar-refractivity contribution in [2.75, 3.05) is 0 Å². The lowest BCUT2D eigenvalue weighted by molar-refractivity contribution is 0.488. The van der Waals surface area contributed by atoms with E-state index in [4.69, 9.17) is 11.6 Å². The minimum atomic E-state index is 0.789. The molecule has 0 bridgehead atoms. The number of allylic oxidation sites excluding steroid dienone is 2. The van der Waals surface area contributed by atoms with Gasteiger partial charge in [0.25, 0.3) is 0 Å². The molecule has 0 spiro atoms. The molecule has 0 radical (unpaired) electrons. The summed E-state index contributed by atoms with van der Waals surface area (Å²) in [5.74, 6) is 1.67. The SMILES string of the molecule is ClC1=CC2CCCC12. The number of rotatable bonds is 0. The van der Waals surface area contributed by atoms with Crippen LogP contribution in [0.5, 0.6) is 0 Å². The van der Waals surface area contributed by atoms with Crippen LogP contribution in [0, 0.1) is 11.8 Å². The normalized spacial score (nSPS) is 42.9. The molecule has 0 N–H and O–H groups in total. The largest absolute Gasteiger partial charge is 0.0892 e. The third-order valence-corrected chi connectivity index (χ3v) is 2.70. The van der Waals surface area contributed by atoms with E-state index in [-0.39, 0.29) is 0 Å². The van der Waals surface area contributed by atoms with Crippen LogP contribution in [0.15, 0.2) is 11.1 Å². The summed E-state index contributed by atoms with van der Waals surface area (Å²) in [5, 5.41) is 1.13. The highest BCUT2D eigenvalue weighted by molar-refractivity contribution is 6.30. The number of halogens is 1. The van der Waals surface area contributed by atoms with Crippen LogP contribution in [0.3, 0.4) is 0 Å². The van der Waals surface area contributed by atoms with Crippen LogP contribution in [0.25, 0.3) is 0 Å². The highest BCUT2D eigenvalue weighted by Gasteiger charge is 2.34. The van der Waals surface area contributed by atoms with E-state index in [1.54, 1.807) is 0 Å². The van der Waals surface area contributed by atoms with Gasteiger partial charge in [-0.05, 0) is 18.8 Å². The predicted octanol–water partition coefficient (Wildman–Crippen LogP) is 2.54. The fraction of sp³-hybridized carbons (Fsp3) is 0.714. The Hall–Kier alpha value is 0.0300. The molecule has 8 heavy (non-hydrogen) atoms. The van der Waals surface area contributed by atoms with E-state index in [0.717, 1.165) is 16.9 Å². The van der Waals surface area contributed by atoms with Crippen molar-refractivity contribution in [3.05, 3.63) is 11.1 Å². The van der Waals surface area contributed by atoms with Crippen molar-refractivity contribution in [1.29, 1.82) is 0 Å². The molecule has 0 amide bonds. The molecule has 44 valence electrons. The van der Waals surface area contributed by atoms with Gasteiger partial charge >= 0.3 is 0 Å². The maximum absolute atomic E-state index is 5.81. The Bertz CT molecular complexity index is 137. The molecule has 0 aromatic rings. The average molecular weight is 129 g/mol. The molecule has 2 rings (SSSR count). The van der Waals surface area contributed by atoms with Crippen LogP contribution in [0.2, 0.25) is 0 Å². The fourth-order valence-electron chi connectivity index (χ4n) is 1.74. The number of hydrogen-bond acceptors (Lipinski definition) is 0. The Kier molecular flexibility index (Phi) is 0.916. The van der Waals surface area contributed by atoms with E-state index in [1.807, 2.05) is 0 Å². The molecule has 2 aliphatic rings. The van der Waals surface area contributed by atoms with Crippen molar-refractivity contribution < 1.29 is 0 Å². The summed E-state index contributed by atoms with van der Waals surface area (Å²) in [6.45, 7) is 0. The molecular formula is C7H9Cl. The summed E-state index contributed by atoms with van der Waals surface area (Å²) in [7, 11) is 0. The molecule has 2 atom stereocenters. The molecule has 1 fully saturated rings. The molecule has 1 heteroatoms. The third-order valence-electron chi connectivity index (χ3n) is 2.30. The standard InChI is InChI=1S/C7H9Cl/c8-7-4-5-2-1-3-6(5)7/h4-6H,1-3H2. The highest BCUT2D eigenvalue weighted by atomic mass is 35.5. The molecule has 0 saturated heterocycles. The topological polar surface area (TPSA) is 0 Å². The minimum Gasteiger partial charge on any atom is -0.0892 e. The number of fused-ring (bicyclic) bond motifs is 1. The molecular weight excluding hydrogens is 120 g/mol. The Morgan fingerprint density at radius 1 is 1.50 bits per heavy atom. The number of hydrogen-bond donors (Lipinski definition) is 0. The first kappa shape index (κ1) is 4.87. The van der Waals surface area contributed by atoms with Crippen LogP contribution < -0.4 is 0 Å². The van der Waals surface area contributed by atoms with E-state index >= 15 is 0 Å². The lowest BCUT2D eigenvalue weighted by Gasteiger charge is -2.25. The van der Waals surface area contributed by atoms with Gasteiger partial charge in [0, 0.05) is 11.0 Å². The van der Waals surface area contributed by atoms with Crippen LogP contribution in [-0.2, 0) is 0 Å². The van der Waals surface area contributed by atoms with Gasteiger partial charge in [-0.1, -0.05) is 24.1 Å². The summed E-state index contributed by atoms with van der Waals surface area (Å²) >= 11 is 5.81. The maximum atomic E-state index is 5.81. The van der Waals surface area contributed by atoms with Gasteiger partial charge in [-0.15, -0.1) is 0 Å². The second kappa shape index (κ2) is 1.51. The second-order valence-electron chi connectivity index (χ2n) is 2.75. The van der Waals surface area contributed by atoms with E-state index in [0.29, 0.717) is 0 Å². The zero-order valence-corrected chi connectivity index (χ0v) is 5.49. The summed E-state index contributed by atoms with van der Waals surface area (Å²) in [6.07, 6.45) is 6.34. The van der Waals surface area contributed by atoms with Gasteiger partial charge < -0.3 is 0 Å². The van der Waals surface area contributed by atoms with E-state index in [9.17, 15) is 0 Å². The van der Waals surface area contributed by atoms with Crippen molar-refractivity contribution in [2.24, 2.45) is 11.8 Å². The first-order chi connectivity index (χ1) is 3.88. The van der Waals surface area contributed by atoms with Crippen molar-refractivity contribution >= 4 is 11.6 Å². The molecule has 0 nitrogen and oxygen atoms in total. The minimum absolute atomic E-state index is 0.789. The molecule has 0 aromatic carbocycles. The van der Waals surface area contributed by atoms with Gasteiger partial charge in [0.15, 0.2) is 0 Å². The van der Waals surface area contributed by atoms with Gasteiger partial charge in [-0.2, -0.15) is 0 Å². The van der Waals surface area contributed by atoms with Gasteiger partial charge in [0.1, 0.15) is 0 Å². The van der Waals surface area contributed by atoms with Gasteiger partial charge in [-0.3, -0.25) is 0 Å². The molecule has 0 aliphatic heterocycles. The van der Waals surface area contributed by atoms with Gasteiger partial charge in [-0.25, -0.2) is 0 Å². The lowest BCUT2D eigenvalue weighted by atomic mass is 9.85. The Balaban J connectivity index is 2.18. The van der Waals surface area contributed by atoms with Crippen molar-refractivity contribution in [2.45, 2.75) is 19.3 Å². The van der Waals surface area contributed by atoms with Crippen LogP contribution in [0.1, 0.15) is 19.3 Å². The smallest absolute Gasteiger partial charge is 0.0181 e. The Morgan fingerprint density at radius 3 is 2.88 bits per heavy atom. The van der Waals surface area contributed by atoms with E-state index in [2.05, 4.69) is 6.08 Å². The zero-order valence-electron chi connectivity index (χ0n) is 4.73. The highest BCUT2D eigenvalue weighted by Crippen LogP contribution is 2.47. The third kappa shape index (κ3) is 0.469. The van der Waals surface area contributed by atoms with Crippen molar-refractivity contribution in [1.82, 2.24) is 0 Å². The van der Waals surface area contributed by atoms with Crippen molar-refractivity contribution in [3.8, 4) is 0 Å². The molecule has 1 saturated carbocycles. The zero-order chi connectivity index (χ0) is 5.56. The van der Waals surface area contributed by atoms with Crippen LogP contribution >= 0.6 is 11.6 Å². The summed E-state index contributed by atoms with van der Waals surface area (Å²) in [4.78, 5) is 0. The predicted molar refractivity (Wildman–Crippen MR) is 34.8 cm³/mol. The average Bonchev–Trinajstić information content (AvgIpc) is 2.09. The van der Waals surface area contributed by atoms with E-state index in [1.165, 1.54) is 19.3 Å². The van der Waals surface area contributed by atoms with Crippen LogP contribution in [-0.4, -0.2) is 0 Å². The quantitative estimate of drug-likeness (QED) is 0.470. The van der Waals surface area contributed by atoms with Gasteiger partial charge in [0.05, 0.1) is 0 Å². The molecule has 0 aromatic heterocycles. The first-order valence-corrected chi connectivity index (χ1v) is 3.63. The van der Waals surface area contributed by atoms with E-state index < -0.39 is 0 Å². The fourth-order valence-corrected chi connectivity index (χ4v) is 2.17. The molecule has 2 aliphatic carbocycles. The maximum Gasteiger partial charge on any atom is 0.0181 e. The molecule has 0 heterocycles. The Labute approximate surface area is 54.5 Å². The monoisotopic (exact) mass is 128 g/mol. The molecule has 2 unspecified atom stereocenters. The second-order valence-corrected chi connectivity index (χ2v) is 3.19. The van der Waals surface area contributed by atoms with Crippen molar-refractivity contribution in [3.63, 3.8) is 0 Å². The van der Waals surface area contributed by atoms with Gasteiger partial charge in [0.2, 0.25) is 0 Å².